The number of aryl methyl sites for hydroxylation is 1. The van der Waals surface area contributed by atoms with Gasteiger partial charge < -0.3 is 10.1 Å². The molecule has 0 unspecified atom stereocenters. The molecule has 0 saturated heterocycles. The average molecular weight is 329 g/mol. The van der Waals surface area contributed by atoms with Crippen molar-refractivity contribution < 1.29 is 9.53 Å². The van der Waals surface area contributed by atoms with Crippen LogP contribution >= 0.6 is 0 Å². The van der Waals surface area contributed by atoms with Crippen molar-refractivity contribution in [2.24, 2.45) is 0 Å². The minimum atomic E-state index is 0.197. The number of aromatic nitrogens is 2. The lowest BCUT2D eigenvalue weighted by Gasteiger charge is -2.30. The van der Waals surface area contributed by atoms with Gasteiger partial charge in [-0.15, -0.1) is 0 Å². The molecule has 1 aromatic carbocycles. The summed E-state index contributed by atoms with van der Waals surface area (Å²) < 4.78 is 6.23. The standard InChI is InChI=1S/C19H27N3O2/c1-3-4-5-19(23)21-14-6-8-15(9-7-14)24-18-11-10-17-16(13(18)2)12-20-22-17/h10-12,14-15H,3-9H2,1-2H3,(H,20,22)(H,21,23)/t14-,15+. The Hall–Kier alpha value is -2.04. The molecule has 0 atom stereocenters. The van der Waals surface area contributed by atoms with Crippen molar-refractivity contribution in [2.75, 3.05) is 0 Å². The SMILES string of the molecule is CCCCC(=O)N[C@H]1CC[C@@H](Oc2ccc3[nH]ncc3c2C)CC1. The molecule has 1 fully saturated rings. The highest BCUT2D eigenvalue weighted by Gasteiger charge is 2.24. The number of ether oxygens (including phenoxy) is 1. The van der Waals surface area contributed by atoms with Crippen molar-refractivity contribution >= 4 is 16.8 Å². The van der Waals surface area contributed by atoms with Crippen molar-refractivity contribution in [2.45, 2.75) is 70.9 Å². The van der Waals surface area contributed by atoms with Crippen LogP contribution in [0.3, 0.4) is 0 Å². The van der Waals surface area contributed by atoms with Gasteiger partial charge in [0, 0.05) is 23.4 Å². The number of aromatic amines is 1. The Bertz CT molecular complexity index is 687. The van der Waals surface area contributed by atoms with Crippen LogP contribution in [-0.2, 0) is 4.79 Å². The van der Waals surface area contributed by atoms with Crippen LogP contribution < -0.4 is 10.1 Å². The number of fused-ring (bicyclic) bond motifs is 1. The molecule has 0 bridgehead atoms. The number of carbonyl (C=O) groups excluding carboxylic acids is 1. The first kappa shape index (κ1) is 16.8. The molecule has 2 N–H and O–H groups in total. The summed E-state index contributed by atoms with van der Waals surface area (Å²) in [5, 5.41) is 11.4. The Kier molecular flexibility index (Phi) is 5.38. The number of nitrogens with zero attached hydrogens (tertiary/aromatic N) is 1. The van der Waals surface area contributed by atoms with Crippen molar-refractivity contribution in [3.63, 3.8) is 0 Å². The number of benzene rings is 1. The van der Waals surface area contributed by atoms with E-state index in [-0.39, 0.29) is 12.0 Å². The fraction of sp³-hybridized carbons (Fsp3) is 0.579. The normalized spacial score (nSPS) is 20.9. The van der Waals surface area contributed by atoms with Gasteiger partial charge in [-0.1, -0.05) is 13.3 Å². The smallest absolute Gasteiger partial charge is 0.220 e. The molecule has 5 heteroatoms. The number of rotatable bonds is 6. The summed E-state index contributed by atoms with van der Waals surface area (Å²) in [6.45, 7) is 4.19. The van der Waals surface area contributed by atoms with Crippen molar-refractivity contribution in [3.8, 4) is 5.75 Å². The summed E-state index contributed by atoms with van der Waals surface area (Å²) in [5.41, 5.74) is 2.18. The fourth-order valence-corrected chi connectivity index (χ4v) is 3.41. The molecular weight excluding hydrogens is 302 g/mol. The van der Waals surface area contributed by atoms with Crippen LogP contribution in [0.2, 0.25) is 0 Å². The third kappa shape index (κ3) is 3.89. The predicted molar refractivity (Wildman–Crippen MR) is 95.2 cm³/mol. The first-order valence-electron chi connectivity index (χ1n) is 9.06. The van der Waals surface area contributed by atoms with Crippen LogP contribution in [0.4, 0.5) is 0 Å². The zero-order valence-electron chi connectivity index (χ0n) is 14.6. The number of hydrogen-bond acceptors (Lipinski definition) is 3. The lowest BCUT2D eigenvalue weighted by Crippen LogP contribution is -2.39. The third-order valence-corrected chi connectivity index (χ3v) is 4.93. The monoisotopic (exact) mass is 329 g/mol. The van der Waals surface area contributed by atoms with Crippen molar-refractivity contribution in [1.82, 2.24) is 15.5 Å². The van der Waals surface area contributed by atoms with E-state index >= 15 is 0 Å². The Labute approximate surface area is 143 Å². The highest BCUT2D eigenvalue weighted by Crippen LogP contribution is 2.30. The number of carbonyl (C=O) groups is 1. The van der Waals surface area contributed by atoms with Crippen LogP contribution in [0.25, 0.3) is 10.9 Å². The van der Waals surface area contributed by atoms with Crippen LogP contribution in [0.5, 0.6) is 5.75 Å². The minimum absolute atomic E-state index is 0.197. The highest BCUT2D eigenvalue weighted by atomic mass is 16.5. The van der Waals surface area contributed by atoms with Gasteiger partial charge in [0.25, 0.3) is 0 Å². The molecule has 0 radical (unpaired) electrons. The number of nitrogens with one attached hydrogen (secondary N) is 2. The second kappa shape index (κ2) is 7.69. The van der Waals surface area contributed by atoms with E-state index in [0.717, 1.165) is 60.7 Å². The largest absolute Gasteiger partial charge is 0.490 e. The van der Waals surface area contributed by atoms with E-state index in [1.807, 2.05) is 18.3 Å². The van der Waals surface area contributed by atoms with E-state index in [1.54, 1.807) is 0 Å². The van der Waals surface area contributed by atoms with Gasteiger partial charge in [-0.2, -0.15) is 5.10 Å². The number of unbranched alkanes of at least 4 members (excludes halogenated alkanes) is 1. The maximum atomic E-state index is 11.8. The van der Waals surface area contributed by atoms with Gasteiger partial charge in [0.1, 0.15) is 5.75 Å². The molecule has 1 saturated carbocycles. The van der Waals surface area contributed by atoms with Crippen LogP contribution in [0, 0.1) is 6.92 Å². The first-order valence-corrected chi connectivity index (χ1v) is 9.06. The number of hydrogen-bond donors (Lipinski definition) is 2. The summed E-state index contributed by atoms with van der Waals surface area (Å²) in [5.74, 6) is 1.14. The van der Waals surface area contributed by atoms with Gasteiger partial charge in [0.15, 0.2) is 0 Å². The molecule has 3 rings (SSSR count). The maximum absolute atomic E-state index is 11.8. The molecule has 1 amide bonds. The number of amides is 1. The van der Waals surface area contributed by atoms with Gasteiger partial charge in [-0.05, 0) is 51.2 Å². The average Bonchev–Trinajstić information content (AvgIpc) is 3.07. The molecule has 130 valence electrons. The Morgan fingerprint density at radius 2 is 2.12 bits per heavy atom. The quantitative estimate of drug-likeness (QED) is 0.845. The molecule has 1 aliphatic rings. The van der Waals surface area contributed by atoms with E-state index in [2.05, 4.69) is 29.4 Å². The summed E-state index contributed by atoms with van der Waals surface area (Å²) in [4.78, 5) is 11.8. The molecule has 1 heterocycles. The minimum Gasteiger partial charge on any atom is -0.490 e. The van der Waals surface area contributed by atoms with E-state index in [4.69, 9.17) is 4.74 Å². The van der Waals surface area contributed by atoms with Gasteiger partial charge in [-0.3, -0.25) is 9.89 Å². The van der Waals surface area contributed by atoms with Gasteiger partial charge in [-0.25, -0.2) is 0 Å². The van der Waals surface area contributed by atoms with E-state index in [0.29, 0.717) is 12.5 Å². The topological polar surface area (TPSA) is 67.0 Å². The Morgan fingerprint density at radius 3 is 2.88 bits per heavy atom. The lowest BCUT2D eigenvalue weighted by molar-refractivity contribution is -0.122. The fourth-order valence-electron chi connectivity index (χ4n) is 3.41. The Balaban J connectivity index is 1.51. The number of H-pyrrole nitrogens is 1. The molecule has 1 aromatic heterocycles. The molecule has 2 aromatic rings. The van der Waals surface area contributed by atoms with Gasteiger partial charge in [0.2, 0.25) is 5.91 Å². The van der Waals surface area contributed by atoms with Gasteiger partial charge in [0.05, 0.1) is 17.8 Å². The zero-order valence-corrected chi connectivity index (χ0v) is 14.6. The molecule has 0 aliphatic heterocycles. The van der Waals surface area contributed by atoms with E-state index in [9.17, 15) is 4.79 Å². The molecule has 1 aliphatic carbocycles. The van der Waals surface area contributed by atoms with Crippen molar-refractivity contribution in [3.05, 3.63) is 23.9 Å². The summed E-state index contributed by atoms with van der Waals surface area (Å²) >= 11 is 0. The summed E-state index contributed by atoms with van der Waals surface area (Å²) in [6.07, 6.45) is 8.73. The highest BCUT2D eigenvalue weighted by molar-refractivity contribution is 5.83. The predicted octanol–water partition coefficient (Wildman–Crippen LogP) is 3.87. The third-order valence-electron chi connectivity index (χ3n) is 4.93. The van der Waals surface area contributed by atoms with Crippen LogP contribution in [-0.4, -0.2) is 28.3 Å². The maximum Gasteiger partial charge on any atom is 0.220 e. The van der Waals surface area contributed by atoms with Crippen LogP contribution in [0.15, 0.2) is 18.3 Å². The summed E-state index contributed by atoms with van der Waals surface area (Å²) in [6, 6.07) is 4.35. The zero-order chi connectivity index (χ0) is 16.9. The molecule has 5 nitrogen and oxygen atoms in total. The van der Waals surface area contributed by atoms with E-state index < -0.39 is 0 Å². The second-order valence-corrected chi connectivity index (χ2v) is 6.78. The lowest BCUT2D eigenvalue weighted by atomic mass is 9.92. The van der Waals surface area contributed by atoms with E-state index in [1.165, 1.54) is 0 Å². The summed E-state index contributed by atoms with van der Waals surface area (Å²) in [7, 11) is 0. The van der Waals surface area contributed by atoms with Crippen molar-refractivity contribution in [1.29, 1.82) is 0 Å². The molecule has 24 heavy (non-hydrogen) atoms. The molecular formula is C19H27N3O2. The van der Waals surface area contributed by atoms with Gasteiger partial charge >= 0.3 is 0 Å². The van der Waals surface area contributed by atoms with Crippen LogP contribution in [0.1, 0.15) is 57.4 Å². The Morgan fingerprint density at radius 1 is 1.33 bits per heavy atom. The first-order chi connectivity index (χ1) is 11.7. The second-order valence-electron chi connectivity index (χ2n) is 6.78. The molecule has 0 spiro atoms.